The summed E-state index contributed by atoms with van der Waals surface area (Å²) in [4.78, 5) is 38.4. The van der Waals surface area contributed by atoms with Gasteiger partial charge in [-0.25, -0.2) is 14.2 Å². The Balaban J connectivity index is 1.69. The van der Waals surface area contributed by atoms with Crippen LogP contribution in [0.4, 0.5) is 15.0 Å². The van der Waals surface area contributed by atoms with Gasteiger partial charge in [0, 0.05) is 18.4 Å². The zero-order chi connectivity index (χ0) is 27.0. The van der Waals surface area contributed by atoms with Crippen LogP contribution < -0.4 is 15.0 Å². The van der Waals surface area contributed by atoms with Crippen molar-refractivity contribution in [1.82, 2.24) is 20.2 Å². The lowest BCUT2D eigenvalue weighted by molar-refractivity contribution is -0.119. The second-order valence-electron chi connectivity index (χ2n) is 11.3. The topological polar surface area (TPSA) is 96.9 Å². The van der Waals surface area contributed by atoms with Crippen LogP contribution in [0.5, 0.6) is 5.88 Å². The molecule has 2 amide bonds. The highest BCUT2D eigenvalue weighted by molar-refractivity contribution is 6.30. The van der Waals surface area contributed by atoms with Gasteiger partial charge in [0.05, 0.1) is 35.2 Å². The fourth-order valence-corrected chi connectivity index (χ4v) is 6.18. The van der Waals surface area contributed by atoms with Crippen LogP contribution in [0.15, 0.2) is 0 Å². The molecule has 0 aliphatic carbocycles. The Kier molecular flexibility index (Phi) is 6.16. The molecule has 0 bridgehead atoms. The van der Waals surface area contributed by atoms with E-state index in [-0.39, 0.29) is 41.1 Å². The summed E-state index contributed by atoms with van der Waals surface area (Å²) >= 11 is 6.25. The number of fused-ring (bicyclic) bond motifs is 2. The minimum atomic E-state index is -0.643. The van der Waals surface area contributed by atoms with Gasteiger partial charge in [0.2, 0.25) is 11.8 Å². The molecule has 9 nitrogen and oxygen atoms in total. The van der Waals surface area contributed by atoms with E-state index in [1.165, 1.54) is 0 Å². The van der Waals surface area contributed by atoms with Crippen molar-refractivity contribution < 1.29 is 23.5 Å². The molecule has 3 aliphatic heterocycles. The number of nitrogens with zero attached hydrogens (tertiary/aromatic N) is 4. The summed E-state index contributed by atoms with van der Waals surface area (Å²) in [5, 5.41) is 3.42. The van der Waals surface area contributed by atoms with Gasteiger partial charge < -0.3 is 19.7 Å². The van der Waals surface area contributed by atoms with Crippen molar-refractivity contribution in [2.24, 2.45) is 0 Å². The Morgan fingerprint density at radius 3 is 2.54 bits per heavy atom. The van der Waals surface area contributed by atoms with E-state index >= 15 is 4.39 Å². The van der Waals surface area contributed by atoms with Gasteiger partial charge in [-0.3, -0.25) is 9.69 Å². The number of pyridine rings is 2. The third-order valence-electron chi connectivity index (χ3n) is 7.48. The maximum atomic E-state index is 15.6. The van der Waals surface area contributed by atoms with E-state index in [1.54, 1.807) is 11.8 Å². The molecular weight excluding hydrogens is 501 g/mol. The molecule has 2 saturated heterocycles. The zero-order valence-electron chi connectivity index (χ0n) is 22.2. The molecule has 4 unspecified atom stereocenters. The minimum Gasteiger partial charge on any atom is -0.472 e. The monoisotopic (exact) mass is 533 g/mol. The number of carbonyl (C=O) groups is 2. The number of rotatable bonds is 1. The highest BCUT2D eigenvalue weighted by Crippen LogP contribution is 2.45. The van der Waals surface area contributed by atoms with E-state index in [4.69, 9.17) is 26.1 Å². The van der Waals surface area contributed by atoms with Gasteiger partial charge in [-0.1, -0.05) is 11.6 Å². The van der Waals surface area contributed by atoms with E-state index in [1.807, 2.05) is 41.5 Å². The number of halogens is 2. The molecule has 2 aromatic rings. The highest BCUT2D eigenvalue weighted by Gasteiger charge is 2.48. The van der Waals surface area contributed by atoms with Crippen molar-refractivity contribution in [3.05, 3.63) is 22.2 Å². The molecule has 0 aromatic carbocycles. The molecule has 5 atom stereocenters. The molecule has 0 spiro atoms. The SMILES string of the molecule is Cc1c(C2CCC(=O)N2)nc2c3c(nc(Cl)c(F)c13)O[C@@H](C)C1C(C)N(C(=O)OC(C)(C)C)C(C)CN21. The molecule has 2 fully saturated rings. The number of aryl methyl sites for hydroxylation is 1. The van der Waals surface area contributed by atoms with Crippen molar-refractivity contribution in [1.29, 1.82) is 0 Å². The smallest absolute Gasteiger partial charge is 0.410 e. The summed E-state index contributed by atoms with van der Waals surface area (Å²) in [7, 11) is 0. The molecule has 2 aromatic heterocycles. The Morgan fingerprint density at radius 1 is 1.22 bits per heavy atom. The normalized spacial score (nSPS) is 27.5. The van der Waals surface area contributed by atoms with Crippen LogP contribution in [0.25, 0.3) is 10.8 Å². The van der Waals surface area contributed by atoms with E-state index < -0.39 is 23.6 Å². The zero-order valence-corrected chi connectivity index (χ0v) is 22.9. The van der Waals surface area contributed by atoms with Gasteiger partial charge in [0.15, 0.2) is 11.0 Å². The van der Waals surface area contributed by atoms with Gasteiger partial charge in [0.25, 0.3) is 0 Å². The number of carbonyl (C=O) groups excluding carboxylic acids is 2. The van der Waals surface area contributed by atoms with Crippen molar-refractivity contribution in [3.63, 3.8) is 0 Å². The third-order valence-corrected chi connectivity index (χ3v) is 7.73. The van der Waals surface area contributed by atoms with E-state index in [0.717, 1.165) is 0 Å². The molecule has 37 heavy (non-hydrogen) atoms. The quantitative estimate of drug-likeness (QED) is 0.532. The summed E-state index contributed by atoms with van der Waals surface area (Å²) in [6.45, 7) is 13.5. The van der Waals surface area contributed by atoms with Crippen LogP contribution in [-0.2, 0) is 9.53 Å². The first-order valence-corrected chi connectivity index (χ1v) is 13.1. The van der Waals surface area contributed by atoms with E-state index in [0.29, 0.717) is 47.2 Å². The van der Waals surface area contributed by atoms with Crippen LogP contribution in [0.3, 0.4) is 0 Å². The molecule has 200 valence electrons. The van der Waals surface area contributed by atoms with Crippen LogP contribution >= 0.6 is 11.6 Å². The first-order valence-electron chi connectivity index (χ1n) is 12.7. The first kappa shape index (κ1) is 25.8. The molecule has 5 rings (SSSR count). The molecule has 0 radical (unpaired) electrons. The number of nitrogens with one attached hydrogen (secondary N) is 1. The summed E-state index contributed by atoms with van der Waals surface area (Å²) in [6.07, 6.45) is 0.120. The van der Waals surface area contributed by atoms with Crippen molar-refractivity contribution in [3.8, 4) is 5.88 Å². The predicted molar refractivity (Wildman–Crippen MR) is 138 cm³/mol. The number of anilines is 1. The molecule has 0 saturated carbocycles. The van der Waals surface area contributed by atoms with Crippen molar-refractivity contribution >= 4 is 40.2 Å². The predicted octanol–water partition coefficient (Wildman–Crippen LogP) is 4.67. The number of ether oxygens (including phenoxy) is 2. The molecule has 11 heteroatoms. The van der Waals surface area contributed by atoms with E-state index in [2.05, 4.69) is 15.2 Å². The summed E-state index contributed by atoms with van der Waals surface area (Å²) in [6, 6.07) is -1.21. The number of hydrogen-bond acceptors (Lipinski definition) is 7. The number of amides is 2. The van der Waals surface area contributed by atoms with Gasteiger partial charge in [-0.2, -0.15) is 4.98 Å². The molecular formula is C26H33ClFN5O4. The second kappa shape index (κ2) is 8.85. The van der Waals surface area contributed by atoms with Crippen LogP contribution in [-0.4, -0.2) is 63.2 Å². The fourth-order valence-electron chi connectivity index (χ4n) is 6.01. The summed E-state index contributed by atoms with van der Waals surface area (Å²) < 4.78 is 27.6. The fraction of sp³-hybridized carbons (Fsp3) is 0.615. The first-order chi connectivity index (χ1) is 17.3. The van der Waals surface area contributed by atoms with Crippen molar-refractivity contribution in [2.45, 2.75) is 97.2 Å². The molecule has 5 heterocycles. The Morgan fingerprint density at radius 2 is 1.92 bits per heavy atom. The van der Waals surface area contributed by atoms with Gasteiger partial charge in [-0.15, -0.1) is 0 Å². The van der Waals surface area contributed by atoms with Gasteiger partial charge in [-0.05, 0) is 60.5 Å². The standard InChI is InChI=1S/C26H33ClFN5O4/c1-11-10-32-21(13(3)33(11)25(35)37-26(5,6)7)14(4)36-24-18-17(19(28)22(27)31-24)12(2)20(30-23(18)32)15-8-9-16(34)29-15/h11,13-15,21H,8-10H2,1-7H3,(H,29,34)/t11?,13?,14-,15?,21?/m0/s1. The Hall–Kier alpha value is -2.88. The number of hydrogen-bond donors (Lipinski definition) is 1. The average molecular weight is 534 g/mol. The summed E-state index contributed by atoms with van der Waals surface area (Å²) in [5.41, 5.74) is 0.555. The second-order valence-corrected chi connectivity index (χ2v) is 11.7. The highest BCUT2D eigenvalue weighted by atomic mass is 35.5. The van der Waals surface area contributed by atoms with Crippen LogP contribution in [0, 0.1) is 12.7 Å². The Bertz CT molecular complexity index is 1300. The largest absolute Gasteiger partial charge is 0.472 e. The minimum absolute atomic E-state index is 0.0610. The van der Waals surface area contributed by atoms with Gasteiger partial charge >= 0.3 is 6.09 Å². The lowest BCUT2D eigenvalue weighted by atomic mass is 9.94. The molecule has 3 aliphatic rings. The lowest BCUT2D eigenvalue weighted by Crippen LogP contribution is -2.67. The lowest BCUT2D eigenvalue weighted by Gasteiger charge is -2.50. The van der Waals surface area contributed by atoms with Crippen molar-refractivity contribution in [2.75, 3.05) is 11.4 Å². The molecule has 1 N–H and O–H groups in total. The van der Waals surface area contributed by atoms with Gasteiger partial charge in [0.1, 0.15) is 17.5 Å². The average Bonchev–Trinajstić information content (AvgIpc) is 3.16. The summed E-state index contributed by atoms with van der Waals surface area (Å²) in [5.74, 6) is 0.0238. The number of aromatic nitrogens is 2. The van der Waals surface area contributed by atoms with Crippen LogP contribution in [0.2, 0.25) is 5.15 Å². The maximum absolute atomic E-state index is 15.6. The Labute approximate surface area is 220 Å². The van der Waals surface area contributed by atoms with E-state index in [9.17, 15) is 9.59 Å². The number of piperazine rings is 1. The maximum Gasteiger partial charge on any atom is 0.410 e. The third kappa shape index (κ3) is 4.23. The van der Waals surface area contributed by atoms with Crippen LogP contribution in [0.1, 0.15) is 71.7 Å².